The van der Waals surface area contributed by atoms with E-state index in [4.69, 9.17) is 0 Å². The Morgan fingerprint density at radius 2 is 2.42 bits per heavy atom. The molecule has 6 nitrogen and oxygen atoms in total. The fraction of sp³-hybridized carbons (Fsp3) is 0.462. The number of nitrogens with one attached hydrogen (secondary N) is 2. The fourth-order valence-corrected chi connectivity index (χ4v) is 2.56. The molecule has 0 saturated heterocycles. The van der Waals surface area contributed by atoms with Gasteiger partial charge in [-0.05, 0) is 19.8 Å². The molecule has 0 radical (unpaired) electrons. The average Bonchev–Trinajstić information content (AvgIpc) is 2.93. The van der Waals surface area contributed by atoms with Crippen LogP contribution in [-0.2, 0) is 24.7 Å². The van der Waals surface area contributed by atoms with Crippen molar-refractivity contribution >= 4 is 11.7 Å². The summed E-state index contributed by atoms with van der Waals surface area (Å²) in [5.41, 5.74) is 2.21. The third-order valence-corrected chi connectivity index (χ3v) is 3.50. The number of amides is 1. The van der Waals surface area contributed by atoms with E-state index in [2.05, 4.69) is 20.4 Å². The summed E-state index contributed by atoms with van der Waals surface area (Å²) in [6.45, 7) is 1.95. The Hall–Kier alpha value is -2.11. The number of nitrogens with zero attached hydrogens (tertiary/aromatic N) is 3. The van der Waals surface area contributed by atoms with Gasteiger partial charge in [-0.2, -0.15) is 5.10 Å². The van der Waals surface area contributed by atoms with Gasteiger partial charge in [0.2, 0.25) is 5.91 Å². The summed E-state index contributed by atoms with van der Waals surface area (Å²) in [6, 6.07) is 1.80. The third kappa shape index (κ3) is 2.38. The van der Waals surface area contributed by atoms with Gasteiger partial charge in [0, 0.05) is 37.3 Å². The zero-order valence-electron chi connectivity index (χ0n) is 11.1. The molecule has 3 rings (SSSR count). The molecular formula is C13H17N5O. The molecule has 0 spiro atoms. The van der Waals surface area contributed by atoms with Crippen molar-refractivity contribution in [1.82, 2.24) is 19.7 Å². The van der Waals surface area contributed by atoms with Crippen molar-refractivity contribution in [2.24, 2.45) is 13.0 Å². The Labute approximate surface area is 111 Å². The van der Waals surface area contributed by atoms with E-state index in [1.807, 2.05) is 20.2 Å². The van der Waals surface area contributed by atoms with Crippen LogP contribution in [0.1, 0.15) is 23.6 Å². The molecule has 0 saturated carbocycles. The summed E-state index contributed by atoms with van der Waals surface area (Å²) in [5, 5.41) is 7.02. The monoisotopic (exact) mass is 259 g/mol. The number of aryl methyl sites for hydroxylation is 3. The van der Waals surface area contributed by atoms with E-state index in [-0.39, 0.29) is 11.8 Å². The molecule has 2 heterocycles. The molecule has 1 aliphatic rings. The predicted octanol–water partition coefficient (Wildman–Crippen LogP) is 1.20. The first-order valence-electron chi connectivity index (χ1n) is 6.46. The molecule has 2 aromatic rings. The molecule has 2 aromatic heterocycles. The normalized spacial score (nSPS) is 18.1. The van der Waals surface area contributed by atoms with Gasteiger partial charge >= 0.3 is 0 Å². The molecule has 0 aliphatic heterocycles. The van der Waals surface area contributed by atoms with Crippen molar-refractivity contribution in [3.05, 3.63) is 29.5 Å². The van der Waals surface area contributed by atoms with Gasteiger partial charge in [0.1, 0.15) is 5.82 Å². The fourth-order valence-electron chi connectivity index (χ4n) is 2.56. The zero-order chi connectivity index (χ0) is 13.4. The van der Waals surface area contributed by atoms with E-state index < -0.39 is 0 Å². The van der Waals surface area contributed by atoms with Gasteiger partial charge in [-0.1, -0.05) is 0 Å². The predicted molar refractivity (Wildman–Crippen MR) is 70.7 cm³/mol. The number of rotatable bonds is 2. The third-order valence-electron chi connectivity index (χ3n) is 3.50. The highest BCUT2D eigenvalue weighted by atomic mass is 16.2. The molecule has 2 N–H and O–H groups in total. The molecule has 19 heavy (non-hydrogen) atoms. The van der Waals surface area contributed by atoms with Crippen molar-refractivity contribution in [3.63, 3.8) is 0 Å². The van der Waals surface area contributed by atoms with Gasteiger partial charge in [0.25, 0.3) is 0 Å². The van der Waals surface area contributed by atoms with E-state index in [0.29, 0.717) is 5.82 Å². The largest absolute Gasteiger partial charge is 0.346 e. The topological polar surface area (TPSA) is 75.6 Å². The SMILES string of the molecule is Cc1nc2c([nH]1)CC(C(=O)Nc1ccn(C)n1)CC2. The minimum atomic E-state index is -0.00523. The number of imidazole rings is 1. The first kappa shape index (κ1) is 12.0. The highest BCUT2D eigenvalue weighted by molar-refractivity contribution is 5.91. The average molecular weight is 259 g/mol. The maximum atomic E-state index is 12.2. The summed E-state index contributed by atoms with van der Waals surface area (Å²) in [4.78, 5) is 19.9. The molecule has 100 valence electrons. The van der Waals surface area contributed by atoms with Crippen molar-refractivity contribution in [3.8, 4) is 0 Å². The lowest BCUT2D eigenvalue weighted by molar-refractivity contribution is -0.120. The molecule has 1 aliphatic carbocycles. The van der Waals surface area contributed by atoms with Crippen LogP contribution in [0.15, 0.2) is 12.3 Å². The second-order valence-corrected chi connectivity index (χ2v) is 5.05. The maximum Gasteiger partial charge on any atom is 0.229 e. The van der Waals surface area contributed by atoms with E-state index in [1.165, 1.54) is 0 Å². The van der Waals surface area contributed by atoms with E-state index in [0.717, 1.165) is 36.5 Å². The quantitative estimate of drug-likeness (QED) is 0.850. The zero-order valence-corrected chi connectivity index (χ0v) is 11.1. The standard InChI is InChI=1S/C13H17N5O/c1-8-14-10-4-3-9(7-11(10)15-8)13(19)16-12-5-6-18(2)17-12/h5-6,9H,3-4,7H2,1-2H3,(H,14,15)(H,16,17,19). The van der Waals surface area contributed by atoms with Crippen LogP contribution >= 0.6 is 0 Å². The van der Waals surface area contributed by atoms with E-state index in [1.54, 1.807) is 10.7 Å². The molecule has 0 bridgehead atoms. The van der Waals surface area contributed by atoms with E-state index in [9.17, 15) is 4.79 Å². The summed E-state index contributed by atoms with van der Waals surface area (Å²) in [7, 11) is 1.83. The maximum absolute atomic E-state index is 12.2. The van der Waals surface area contributed by atoms with Crippen LogP contribution in [-0.4, -0.2) is 25.7 Å². The number of hydrogen-bond donors (Lipinski definition) is 2. The Morgan fingerprint density at radius 3 is 3.16 bits per heavy atom. The molecule has 0 fully saturated rings. The van der Waals surface area contributed by atoms with Gasteiger partial charge in [-0.15, -0.1) is 0 Å². The highest BCUT2D eigenvalue weighted by Gasteiger charge is 2.27. The molecule has 0 aromatic carbocycles. The van der Waals surface area contributed by atoms with Crippen LogP contribution in [0.4, 0.5) is 5.82 Å². The highest BCUT2D eigenvalue weighted by Crippen LogP contribution is 2.24. The number of carbonyl (C=O) groups excluding carboxylic acids is 1. The second kappa shape index (κ2) is 4.53. The Kier molecular flexibility index (Phi) is 2.85. The lowest BCUT2D eigenvalue weighted by atomic mass is 9.89. The van der Waals surface area contributed by atoms with Crippen LogP contribution < -0.4 is 5.32 Å². The number of fused-ring (bicyclic) bond motifs is 1. The lowest BCUT2D eigenvalue weighted by Gasteiger charge is -2.19. The summed E-state index contributed by atoms with van der Waals surface area (Å²) in [5.74, 6) is 1.57. The van der Waals surface area contributed by atoms with Crippen LogP contribution in [0.3, 0.4) is 0 Å². The summed E-state index contributed by atoms with van der Waals surface area (Å²) < 4.78 is 1.67. The van der Waals surface area contributed by atoms with Crippen LogP contribution in [0.5, 0.6) is 0 Å². The minimum absolute atomic E-state index is 0.00523. The van der Waals surface area contributed by atoms with Gasteiger partial charge in [-0.3, -0.25) is 9.48 Å². The first-order valence-corrected chi connectivity index (χ1v) is 6.46. The second-order valence-electron chi connectivity index (χ2n) is 5.05. The number of anilines is 1. The summed E-state index contributed by atoms with van der Waals surface area (Å²) in [6.07, 6.45) is 4.25. The smallest absolute Gasteiger partial charge is 0.229 e. The molecule has 1 atom stereocenters. The number of aromatic nitrogens is 4. The number of carbonyl (C=O) groups is 1. The van der Waals surface area contributed by atoms with Gasteiger partial charge in [-0.25, -0.2) is 4.98 Å². The number of aromatic amines is 1. The first-order chi connectivity index (χ1) is 9.11. The van der Waals surface area contributed by atoms with Crippen molar-refractivity contribution in [1.29, 1.82) is 0 Å². The Morgan fingerprint density at radius 1 is 1.58 bits per heavy atom. The van der Waals surface area contributed by atoms with Crippen molar-refractivity contribution in [2.75, 3.05) is 5.32 Å². The molecule has 6 heteroatoms. The van der Waals surface area contributed by atoms with Gasteiger partial charge < -0.3 is 10.3 Å². The number of H-pyrrole nitrogens is 1. The lowest BCUT2D eigenvalue weighted by Crippen LogP contribution is -2.28. The van der Waals surface area contributed by atoms with Crippen LogP contribution in [0.25, 0.3) is 0 Å². The molecule has 1 unspecified atom stereocenters. The molecular weight excluding hydrogens is 242 g/mol. The van der Waals surface area contributed by atoms with Crippen LogP contribution in [0, 0.1) is 12.8 Å². The number of hydrogen-bond acceptors (Lipinski definition) is 3. The van der Waals surface area contributed by atoms with Crippen LogP contribution in [0.2, 0.25) is 0 Å². The molecule has 1 amide bonds. The van der Waals surface area contributed by atoms with Gasteiger partial charge in [0.05, 0.1) is 5.69 Å². The van der Waals surface area contributed by atoms with Gasteiger partial charge in [0.15, 0.2) is 5.82 Å². The van der Waals surface area contributed by atoms with Crippen molar-refractivity contribution < 1.29 is 4.79 Å². The Balaban J connectivity index is 1.69. The van der Waals surface area contributed by atoms with E-state index >= 15 is 0 Å². The minimum Gasteiger partial charge on any atom is -0.346 e. The summed E-state index contributed by atoms with van der Waals surface area (Å²) >= 11 is 0. The Bertz CT molecular complexity index is 612. The van der Waals surface area contributed by atoms with Crippen molar-refractivity contribution in [2.45, 2.75) is 26.2 Å².